The molecule has 0 radical (unpaired) electrons. The molecule has 0 saturated carbocycles. The maximum Gasteiger partial charge on any atom is 0.0971 e. The van der Waals surface area contributed by atoms with E-state index in [2.05, 4.69) is 19.2 Å². The number of morpholine rings is 1. The van der Waals surface area contributed by atoms with E-state index in [1.54, 1.807) is 6.07 Å². The average molecular weight is 288 g/mol. The maximum atomic E-state index is 6.24. The zero-order chi connectivity index (χ0) is 13.2. The Morgan fingerprint density at radius 2 is 2.22 bits per heavy atom. The van der Waals surface area contributed by atoms with Crippen molar-refractivity contribution >= 4 is 23.2 Å². The van der Waals surface area contributed by atoms with Crippen molar-refractivity contribution < 1.29 is 4.74 Å². The molecule has 0 aliphatic carbocycles. The summed E-state index contributed by atoms with van der Waals surface area (Å²) in [5.74, 6) is 0. The van der Waals surface area contributed by atoms with Gasteiger partial charge >= 0.3 is 0 Å². The Balaban J connectivity index is 2.18. The Hall–Kier alpha value is -0.280. The smallest absolute Gasteiger partial charge is 0.0971 e. The third-order valence-corrected chi connectivity index (χ3v) is 3.91. The summed E-state index contributed by atoms with van der Waals surface area (Å²) in [6, 6.07) is 5.58. The number of rotatable bonds is 3. The highest BCUT2D eigenvalue weighted by molar-refractivity contribution is 6.35. The summed E-state index contributed by atoms with van der Waals surface area (Å²) in [4.78, 5) is 0. The highest BCUT2D eigenvalue weighted by Gasteiger charge is 2.33. The predicted octanol–water partition coefficient (Wildman–Crippen LogP) is 4.21. The normalized spacial score (nSPS) is 28.3. The second-order valence-corrected chi connectivity index (χ2v) is 5.95. The molecule has 1 aliphatic heterocycles. The molecular formula is C14H19Cl2NO. The van der Waals surface area contributed by atoms with Crippen LogP contribution in [0.4, 0.5) is 0 Å². The lowest BCUT2D eigenvalue weighted by molar-refractivity contribution is -0.112. The maximum absolute atomic E-state index is 6.24. The van der Waals surface area contributed by atoms with Crippen LogP contribution >= 0.6 is 23.2 Å². The van der Waals surface area contributed by atoms with Crippen LogP contribution in [0.25, 0.3) is 0 Å². The molecule has 1 aromatic rings. The van der Waals surface area contributed by atoms with Gasteiger partial charge in [-0.3, -0.25) is 0 Å². The Morgan fingerprint density at radius 1 is 1.44 bits per heavy atom. The molecule has 0 bridgehead atoms. The summed E-state index contributed by atoms with van der Waals surface area (Å²) in [5, 5.41) is 4.77. The molecule has 2 unspecified atom stereocenters. The van der Waals surface area contributed by atoms with Gasteiger partial charge in [0.1, 0.15) is 0 Å². The van der Waals surface area contributed by atoms with Crippen LogP contribution in [0.1, 0.15) is 38.4 Å². The van der Waals surface area contributed by atoms with Crippen molar-refractivity contribution in [3.63, 3.8) is 0 Å². The van der Waals surface area contributed by atoms with Gasteiger partial charge in [0.05, 0.1) is 11.7 Å². The van der Waals surface area contributed by atoms with Gasteiger partial charge in [0.2, 0.25) is 0 Å². The summed E-state index contributed by atoms with van der Waals surface area (Å²) in [7, 11) is 0. The molecule has 1 aliphatic rings. The van der Waals surface area contributed by atoms with Crippen LogP contribution in [-0.4, -0.2) is 18.7 Å². The van der Waals surface area contributed by atoms with E-state index in [1.165, 1.54) is 0 Å². The quantitative estimate of drug-likeness (QED) is 0.899. The molecule has 0 spiro atoms. The van der Waals surface area contributed by atoms with Gasteiger partial charge in [-0.1, -0.05) is 42.6 Å². The Morgan fingerprint density at radius 3 is 2.89 bits per heavy atom. The topological polar surface area (TPSA) is 21.3 Å². The highest BCUT2D eigenvalue weighted by atomic mass is 35.5. The summed E-state index contributed by atoms with van der Waals surface area (Å²) < 4.78 is 6.23. The lowest BCUT2D eigenvalue weighted by Gasteiger charge is -2.39. The van der Waals surface area contributed by atoms with E-state index in [0.717, 1.165) is 31.5 Å². The van der Waals surface area contributed by atoms with E-state index < -0.39 is 0 Å². The van der Waals surface area contributed by atoms with Crippen molar-refractivity contribution in [1.29, 1.82) is 0 Å². The average Bonchev–Trinajstić information content (AvgIpc) is 2.28. The predicted molar refractivity (Wildman–Crippen MR) is 76.5 cm³/mol. The van der Waals surface area contributed by atoms with E-state index in [9.17, 15) is 0 Å². The molecule has 1 N–H and O–H groups in total. The SMILES string of the molecule is CCCC1(C)CNCC(c2ccc(Cl)cc2Cl)O1. The lowest BCUT2D eigenvalue weighted by Crippen LogP contribution is -2.48. The van der Waals surface area contributed by atoms with Crippen LogP contribution in [0.3, 0.4) is 0 Å². The fourth-order valence-corrected chi connectivity index (χ4v) is 3.04. The van der Waals surface area contributed by atoms with Crippen molar-refractivity contribution in [3.05, 3.63) is 33.8 Å². The zero-order valence-electron chi connectivity index (χ0n) is 10.8. The fraction of sp³-hybridized carbons (Fsp3) is 0.571. The summed E-state index contributed by atoms with van der Waals surface area (Å²) in [5.41, 5.74) is 0.899. The molecule has 1 aromatic carbocycles. The molecule has 2 atom stereocenters. The first kappa shape index (κ1) is 14.1. The monoisotopic (exact) mass is 287 g/mol. The van der Waals surface area contributed by atoms with Gasteiger partial charge in [0.15, 0.2) is 0 Å². The van der Waals surface area contributed by atoms with Crippen LogP contribution in [0.5, 0.6) is 0 Å². The first-order valence-corrected chi connectivity index (χ1v) is 7.13. The lowest BCUT2D eigenvalue weighted by atomic mass is 9.96. The van der Waals surface area contributed by atoms with Gasteiger partial charge in [-0.25, -0.2) is 0 Å². The summed E-state index contributed by atoms with van der Waals surface area (Å²) in [6.07, 6.45) is 2.15. The standard InChI is InChI=1S/C14H19Cl2NO/c1-3-6-14(2)9-17-8-13(18-14)11-5-4-10(15)7-12(11)16/h4-5,7,13,17H,3,6,8-9H2,1-2H3. The molecule has 2 nitrogen and oxygen atoms in total. The van der Waals surface area contributed by atoms with E-state index in [0.29, 0.717) is 10.0 Å². The van der Waals surface area contributed by atoms with Crippen LogP contribution in [0, 0.1) is 0 Å². The Kier molecular flexibility index (Phi) is 4.54. The molecular weight excluding hydrogens is 269 g/mol. The summed E-state index contributed by atoms with van der Waals surface area (Å²) >= 11 is 12.2. The summed E-state index contributed by atoms with van der Waals surface area (Å²) in [6.45, 7) is 6.01. The second-order valence-electron chi connectivity index (χ2n) is 5.10. The van der Waals surface area contributed by atoms with Crippen LogP contribution < -0.4 is 5.32 Å². The van der Waals surface area contributed by atoms with E-state index >= 15 is 0 Å². The highest BCUT2D eigenvalue weighted by Crippen LogP contribution is 2.34. The van der Waals surface area contributed by atoms with Crippen LogP contribution in [0.15, 0.2) is 18.2 Å². The second kappa shape index (κ2) is 5.79. The minimum Gasteiger partial charge on any atom is -0.365 e. The number of ether oxygens (including phenoxy) is 1. The van der Waals surface area contributed by atoms with Crippen molar-refractivity contribution in [2.75, 3.05) is 13.1 Å². The van der Waals surface area contributed by atoms with E-state index in [4.69, 9.17) is 27.9 Å². The van der Waals surface area contributed by atoms with Gasteiger partial charge in [-0.2, -0.15) is 0 Å². The van der Waals surface area contributed by atoms with E-state index in [-0.39, 0.29) is 11.7 Å². The van der Waals surface area contributed by atoms with Crippen LogP contribution in [0.2, 0.25) is 10.0 Å². The molecule has 18 heavy (non-hydrogen) atoms. The molecule has 1 heterocycles. The van der Waals surface area contributed by atoms with Crippen molar-refractivity contribution in [1.82, 2.24) is 5.32 Å². The third-order valence-electron chi connectivity index (χ3n) is 3.34. The minimum absolute atomic E-state index is 0.0000617. The van der Waals surface area contributed by atoms with Crippen molar-refractivity contribution in [2.24, 2.45) is 0 Å². The molecule has 1 saturated heterocycles. The third kappa shape index (κ3) is 3.18. The molecule has 1 fully saturated rings. The van der Waals surface area contributed by atoms with Gasteiger partial charge in [0.25, 0.3) is 0 Å². The van der Waals surface area contributed by atoms with Gasteiger partial charge in [-0.05, 0) is 25.5 Å². The Labute approximate surface area is 119 Å². The molecule has 2 rings (SSSR count). The Bertz CT molecular complexity index is 420. The minimum atomic E-state index is -0.110. The molecule has 4 heteroatoms. The number of halogens is 2. The molecule has 100 valence electrons. The number of hydrogen-bond donors (Lipinski definition) is 1. The largest absolute Gasteiger partial charge is 0.365 e. The van der Waals surface area contributed by atoms with Gasteiger partial charge in [-0.15, -0.1) is 0 Å². The first-order chi connectivity index (χ1) is 8.54. The van der Waals surface area contributed by atoms with Gasteiger partial charge in [0, 0.05) is 28.7 Å². The number of benzene rings is 1. The number of hydrogen-bond acceptors (Lipinski definition) is 2. The van der Waals surface area contributed by atoms with Crippen molar-refractivity contribution in [2.45, 2.75) is 38.4 Å². The van der Waals surface area contributed by atoms with Crippen molar-refractivity contribution in [3.8, 4) is 0 Å². The zero-order valence-corrected chi connectivity index (χ0v) is 12.3. The first-order valence-electron chi connectivity index (χ1n) is 6.37. The van der Waals surface area contributed by atoms with E-state index in [1.807, 2.05) is 12.1 Å². The van der Waals surface area contributed by atoms with Gasteiger partial charge < -0.3 is 10.1 Å². The number of nitrogens with one attached hydrogen (secondary N) is 1. The molecule has 0 aromatic heterocycles. The fourth-order valence-electron chi connectivity index (χ4n) is 2.51. The molecule has 0 amide bonds. The van der Waals surface area contributed by atoms with Crippen LogP contribution in [-0.2, 0) is 4.74 Å².